The molecule has 1 aromatic heterocycles. The predicted molar refractivity (Wildman–Crippen MR) is 102 cm³/mol. The summed E-state index contributed by atoms with van der Waals surface area (Å²) < 4.78 is 40.6. The molecule has 0 bridgehead atoms. The van der Waals surface area contributed by atoms with E-state index in [4.69, 9.17) is 5.11 Å². The number of aliphatic carboxylic acids is 1. The van der Waals surface area contributed by atoms with Crippen LogP contribution >= 0.6 is 0 Å². The number of ether oxygens (including phenoxy) is 1. The van der Waals surface area contributed by atoms with Crippen molar-refractivity contribution in [3.05, 3.63) is 78.6 Å². The van der Waals surface area contributed by atoms with Crippen LogP contribution in [0.15, 0.2) is 73.1 Å². The maximum Gasteiger partial charge on any atom is 0.573 e. The summed E-state index contributed by atoms with van der Waals surface area (Å²) in [5.74, 6) is -3.01. The fourth-order valence-corrected chi connectivity index (χ4v) is 2.75. The van der Waals surface area contributed by atoms with Crippen LogP contribution in [0, 0.1) is 0 Å². The van der Waals surface area contributed by atoms with Crippen LogP contribution < -0.4 is 9.64 Å². The lowest BCUT2D eigenvalue weighted by molar-refractivity contribution is -0.274. The molecule has 0 unspecified atom stereocenters. The van der Waals surface area contributed by atoms with Crippen LogP contribution in [0.3, 0.4) is 0 Å². The van der Waals surface area contributed by atoms with Crippen LogP contribution in [0.5, 0.6) is 5.75 Å². The average Bonchev–Trinajstić information content (AvgIpc) is 2.72. The number of carbonyl (C=O) groups excluding carboxylic acids is 1. The maximum absolute atomic E-state index is 12.3. The Balaban J connectivity index is 1.82. The Morgan fingerprint density at radius 1 is 0.900 bits per heavy atom. The lowest BCUT2D eigenvalue weighted by Crippen LogP contribution is -2.36. The second-order valence-corrected chi connectivity index (χ2v) is 6.17. The summed E-state index contributed by atoms with van der Waals surface area (Å²) in [6, 6.07) is 15.1. The number of rotatable bonds is 5. The topological polar surface area (TPSA) is 79.7 Å². The number of hydrogen-bond acceptors (Lipinski definition) is 4. The Labute approximate surface area is 169 Å². The van der Waals surface area contributed by atoms with Crippen molar-refractivity contribution in [3.8, 4) is 16.9 Å². The van der Waals surface area contributed by atoms with E-state index in [0.29, 0.717) is 22.4 Å². The Bertz CT molecular complexity index is 1020. The van der Waals surface area contributed by atoms with E-state index in [0.717, 1.165) is 4.90 Å². The van der Waals surface area contributed by atoms with Crippen LogP contribution in [-0.4, -0.2) is 28.3 Å². The van der Waals surface area contributed by atoms with Gasteiger partial charge < -0.3 is 9.84 Å². The monoisotopic (exact) mass is 416 g/mol. The maximum atomic E-state index is 12.3. The highest BCUT2D eigenvalue weighted by Crippen LogP contribution is 2.28. The summed E-state index contributed by atoms with van der Waals surface area (Å²) in [6.45, 7) is 0.0382. The van der Waals surface area contributed by atoms with Gasteiger partial charge in [-0.25, -0.2) is 4.79 Å². The van der Waals surface area contributed by atoms with Gasteiger partial charge in [-0.15, -0.1) is 13.2 Å². The second kappa shape index (κ2) is 8.64. The van der Waals surface area contributed by atoms with Gasteiger partial charge in [0, 0.05) is 18.1 Å². The molecule has 30 heavy (non-hydrogen) atoms. The van der Waals surface area contributed by atoms with Gasteiger partial charge in [-0.2, -0.15) is 0 Å². The zero-order chi connectivity index (χ0) is 21.7. The first-order chi connectivity index (χ1) is 14.2. The molecule has 0 aliphatic rings. The Kier molecular flexibility index (Phi) is 6.01. The minimum Gasteiger partial charge on any atom is -0.474 e. The first-order valence-electron chi connectivity index (χ1n) is 8.63. The fourth-order valence-electron chi connectivity index (χ4n) is 2.75. The van der Waals surface area contributed by atoms with Gasteiger partial charge in [0.1, 0.15) is 5.75 Å². The van der Waals surface area contributed by atoms with Gasteiger partial charge >= 0.3 is 18.2 Å². The van der Waals surface area contributed by atoms with Crippen LogP contribution in [0.2, 0.25) is 0 Å². The summed E-state index contributed by atoms with van der Waals surface area (Å²) in [6.07, 6.45) is -1.69. The molecule has 0 aliphatic heterocycles. The molecule has 3 aromatic rings. The molecule has 0 atom stereocenters. The van der Waals surface area contributed by atoms with Crippen molar-refractivity contribution in [3.63, 3.8) is 0 Å². The zero-order valence-corrected chi connectivity index (χ0v) is 15.3. The number of hydrogen-bond donors (Lipinski definition) is 1. The number of nitrogens with zero attached hydrogens (tertiary/aromatic N) is 2. The van der Waals surface area contributed by atoms with Crippen molar-refractivity contribution in [2.24, 2.45) is 0 Å². The zero-order valence-electron chi connectivity index (χ0n) is 15.3. The number of anilines is 1. The third-order valence-electron chi connectivity index (χ3n) is 4.12. The molecule has 1 N–H and O–H groups in total. The number of aromatic nitrogens is 1. The van der Waals surface area contributed by atoms with Gasteiger partial charge in [0.25, 0.3) is 0 Å². The van der Waals surface area contributed by atoms with Gasteiger partial charge in [-0.05, 0) is 53.1 Å². The standard InChI is InChI=1S/C21H15F3N2O4/c22-21(23,24)30-18-7-3-16(4-8-18)15-1-5-17(6-2-15)26(19(27)20(28)29)13-14-9-11-25-12-10-14/h1-12H,13H2,(H,28,29). The van der Waals surface area contributed by atoms with Gasteiger partial charge in [0.05, 0.1) is 6.54 Å². The molecule has 0 saturated carbocycles. The summed E-state index contributed by atoms with van der Waals surface area (Å²) >= 11 is 0. The molecule has 154 valence electrons. The number of carboxylic acids is 1. The highest BCUT2D eigenvalue weighted by atomic mass is 19.4. The number of halogens is 3. The van der Waals surface area contributed by atoms with E-state index >= 15 is 0 Å². The number of pyridine rings is 1. The van der Waals surface area contributed by atoms with Crippen molar-refractivity contribution in [1.29, 1.82) is 0 Å². The molecular formula is C21H15F3N2O4. The van der Waals surface area contributed by atoms with Crippen LogP contribution in [-0.2, 0) is 16.1 Å². The summed E-state index contributed by atoms with van der Waals surface area (Å²) in [5, 5.41) is 9.14. The van der Waals surface area contributed by atoms with E-state index < -0.39 is 18.2 Å². The number of carbonyl (C=O) groups is 2. The molecule has 6 nitrogen and oxygen atoms in total. The first kappa shape index (κ1) is 20.8. The Hall–Kier alpha value is -3.88. The molecule has 9 heteroatoms. The molecule has 1 heterocycles. The van der Waals surface area contributed by atoms with Crippen LogP contribution in [0.1, 0.15) is 5.56 Å². The molecule has 3 rings (SSSR count). The lowest BCUT2D eigenvalue weighted by atomic mass is 10.0. The molecule has 2 aromatic carbocycles. The van der Waals surface area contributed by atoms with Gasteiger partial charge in [-0.3, -0.25) is 14.7 Å². The third-order valence-corrected chi connectivity index (χ3v) is 4.12. The lowest BCUT2D eigenvalue weighted by Gasteiger charge is -2.21. The second-order valence-electron chi connectivity index (χ2n) is 6.17. The van der Waals surface area contributed by atoms with E-state index in [1.807, 2.05) is 0 Å². The molecule has 0 spiro atoms. The van der Waals surface area contributed by atoms with Gasteiger partial charge in [0.15, 0.2) is 0 Å². The van der Waals surface area contributed by atoms with E-state index in [9.17, 15) is 22.8 Å². The molecule has 0 aliphatic carbocycles. The van der Waals surface area contributed by atoms with E-state index in [-0.39, 0.29) is 12.3 Å². The third kappa shape index (κ3) is 5.34. The molecular weight excluding hydrogens is 401 g/mol. The molecule has 0 fully saturated rings. The van der Waals surface area contributed by atoms with E-state index in [2.05, 4.69) is 9.72 Å². The van der Waals surface area contributed by atoms with Gasteiger partial charge in [-0.1, -0.05) is 24.3 Å². The largest absolute Gasteiger partial charge is 0.573 e. The smallest absolute Gasteiger partial charge is 0.474 e. The molecule has 0 saturated heterocycles. The van der Waals surface area contributed by atoms with Crippen molar-refractivity contribution >= 4 is 17.6 Å². The highest BCUT2D eigenvalue weighted by Gasteiger charge is 2.31. The average molecular weight is 416 g/mol. The van der Waals surface area contributed by atoms with Crippen molar-refractivity contribution < 1.29 is 32.6 Å². The fraction of sp³-hybridized carbons (Fsp3) is 0.0952. The minimum atomic E-state index is -4.77. The quantitative estimate of drug-likeness (QED) is 0.629. The van der Waals surface area contributed by atoms with Crippen LogP contribution in [0.25, 0.3) is 11.1 Å². The van der Waals surface area contributed by atoms with Crippen molar-refractivity contribution in [2.75, 3.05) is 4.90 Å². The highest BCUT2D eigenvalue weighted by molar-refractivity contribution is 6.37. The Morgan fingerprint density at radius 3 is 1.93 bits per heavy atom. The first-order valence-corrected chi connectivity index (χ1v) is 8.63. The SMILES string of the molecule is O=C(O)C(=O)N(Cc1ccncc1)c1ccc(-c2ccc(OC(F)(F)F)cc2)cc1. The van der Waals surface area contributed by atoms with Crippen molar-refractivity contribution in [1.82, 2.24) is 4.98 Å². The van der Waals surface area contributed by atoms with E-state index in [1.165, 1.54) is 36.7 Å². The number of alkyl halides is 3. The van der Waals surface area contributed by atoms with Crippen LogP contribution in [0.4, 0.5) is 18.9 Å². The molecule has 1 amide bonds. The Morgan fingerprint density at radius 2 is 1.43 bits per heavy atom. The van der Waals surface area contributed by atoms with Gasteiger partial charge in [0.2, 0.25) is 0 Å². The van der Waals surface area contributed by atoms with Crippen molar-refractivity contribution in [2.45, 2.75) is 12.9 Å². The number of carboxylic acid groups (broad SMARTS) is 1. The normalized spacial score (nSPS) is 11.0. The molecule has 0 radical (unpaired) electrons. The predicted octanol–water partition coefficient (Wildman–Crippen LogP) is 4.27. The minimum absolute atomic E-state index is 0.0382. The van der Waals surface area contributed by atoms with E-state index in [1.54, 1.807) is 36.4 Å². The number of amides is 1. The summed E-state index contributed by atoms with van der Waals surface area (Å²) in [5.41, 5.74) is 2.36. The summed E-state index contributed by atoms with van der Waals surface area (Å²) in [7, 11) is 0. The number of benzene rings is 2. The summed E-state index contributed by atoms with van der Waals surface area (Å²) in [4.78, 5) is 28.4.